The molecule has 1 aliphatic rings. The third kappa shape index (κ3) is 2.31. The van der Waals surface area contributed by atoms with Crippen LogP contribution in [-0.2, 0) is 0 Å². The summed E-state index contributed by atoms with van der Waals surface area (Å²) >= 11 is 0. The van der Waals surface area contributed by atoms with Crippen LogP contribution in [0.1, 0.15) is 48.6 Å². The lowest BCUT2D eigenvalue weighted by Gasteiger charge is -2.22. The summed E-state index contributed by atoms with van der Waals surface area (Å²) in [5, 5.41) is 0. The molecule has 3 aromatic rings. The van der Waals surface area contributed by atoms with Crippen molar-refractivity contribution in [3.8, 4) is 11.6 Å². The number of nitrogens with zero attached hydrogens (tertiary/aromatic N) is 3. The van der Waals surface area contributed by atoms with Crippen LogP contribution >= 0.6 is 0 Å². The zero-order valence-electron chi connectivity index (χ0n) is 13.0. The topological polar surface area (TPSA) is 120 Å². The number of nitrogens with one attached hydrogen (secondary N) is 1. The van der Waals surface area contributed by atoms with Crippen molar-refractivity contribution in [2.45, 2.75) is 38.1 Å². The summed E-state index contributed by atoms with van der Waals surface area (Å²) in [6.45, 7) is 0. The van der Waals surface area contributed by atoms with Crippen LogP contribution in [0.2, 0.25) is 0 Å². The van der Waals surface area contributed by atoms with Crippen LogP contribution < -0.4 is 11.4 Å². The van der Waals surface area contributed by atoms with Crippen LogP contribution in [0.15, 0.2) is 27.6 Å². The van der Waals surface area contributed by atoms with Crippen molar-refractivity contribution in [3.05, 3.63) is 34.6 Å². The van der Waals surface area contributed by atoms with E-state index in [1.165, 1.54) is 12.7 Å². The highest BCUT2D eigenvalue weighted by molar-refractivity contribution is 6.01. The Kier molecular flexibility index (Phi) is 3.44. The van der Waals surface area contributed by atoms with Crippen molar-refractivity contribution in [1.82, 2.24) is 19.5 Å². The van der Waals surface area contributed by atoms with Gasteiger partial charge in [-0.05, 0) is 25.0 Å². The first kappa shape index (κ1) is 14.7. The van der Waals surface area contributed by atoms with Crippen LogP contribution in [0.5, 0.6) is 0 Å². The molecule has 8 heteroatoms. The van der Waals surface area contributed by atoms with Gasteiger partial charge in [0.1, 0.15) is 5.52 Å². The highest BCUT2D eigenvalue weighted by Gasteiger charge is 2.25. The van der Waals surface area contributed by atoms with E-state index in [0.717, 1.165) is 25.7 Å². The number of carbonyl (C=O) groups excluding carboxylic acids is 1. The number of rotatable bonds is 3. The van der Waals surface area contributed by atoms with Gasteiger partial charge < -0.3 is 15.1 Å². The fraction of sp³-hybridized carbons (Fsp3) is 0.375. The number of furan rings is 1. The molecule has 0 aromatic carbocycles. The van der Waals surface area contributed by atoms with Gasteiger partial charge in [0, 0.05) is 6.04 Å². The van der Waals surface area contributed by atoms with Crippen molar-refractivity contribution in [1.29, 1.82) is 0 Å². The van der Waals surface area contributed by atoms with Gasteiger partial charge in [-0.25, -0.2) is 14.8 Å². The first-order valence-corrected chi connectivity index (χ1v) is 8.01. The molecule has 8 nitrogen and oxygen atoms in total. The second-order valence-electron chi connectivity index (χ2n) is 6.03. The van der Waals surface area contributed by atoms with Gasteiger partial charge in [-0.2, -0.15) is 0 Å². The van der Waals surface area contributed by atoms with Crippen LogP contribution in [0.25, 0.3) is 22.7 Å². The van der Waals surface area contributed by atoms with E-state index in [1.54, 1.807) is 16.7 Å². The predicted molar refractivity (Wildman–Crippen MR) is 86.5 cm³/mol. The Morgan fingerprint density at radius 2 is 2.08 bits per heavy atom. The molecule has 124 valence electrons. The third-order valence-electron chi connectivity index (χ3n) is 4.48. The number of aromatic amines is 1. The van der Waals surface area contributed by atoms with Gasteiger partial charge in [-0.3, -0.25) is 9.36 Å². The lowest BCUT2D eigenvalue weighted by Crippen LogP contribution is -2.24. The molecular weight excluding hydrogens is 310 g/mol. The third-order valence-corrected chi connectivity index (χ3v) is 4.48. The summed E-state index contributed by atoms with van der Waals surface area (Å²) < 4.78 is 6.95. The van der Waals surface area contributed by atoms with Gasteiger partial charge in [0.05, 0.1) is 6.26 Å². The Morgan fingerprint density at radius 3 is 2.75 bits per heavy atom. The fourth-order valence-electron chi connectivity index (χ4n) is 3.37. The van der Waals surface area contributed by atoms with E-state index in [9.17, 15) is 9.59 Å². The van der Waals surface area contributed by atoms with Crippen LogP contribution in [0.3, 0.4) is 0 Å². The molecule has 0 bridgehead atoms. The number of nitrogens with two attached hydrogens (primary N) is 1. The molecule has 4 rings (SSSR count). The normalized spacial score (nSPS) is 15.8. The molecule has 0 spiro atoms. The average Bonchev–Trinajstić information content (AvgIpc) is 3.21. The van der Waals surface area contributed by atoms with Crippen molar-refractivity contribution >= 4 is 17.1 Å². The Morgan fingerprint density at radius 1 is 1.29 bits per heavy atom. The van der Waals surface area contributed by atoms with Crippen molar-refractivity contribution in [2.24, 2.45) is 5.73 Å². The fourth-order valence-corrected chi connectivity index (χ4v) is 3.37. The van der Waals surface area contributed by atoms with Gasteiger partial charge >= 0.3 is 5.69 Å². The quantitative estimate of drug-likeness (QED) is 0.762. The van der Waals surface area contributed by atoms with E-state index in [1.807, 2.05) is 0 Å². The van der Waals surface area contributed by atoms with Gasteiger partial charge in [-0.1, -0.05) is 19.3 Å². The summed E-state index contributed by atoms with van der Waals surface area (Å²) in [4.78, 5) is 35.6. The van der Waals surface area contributed by atoms with Gasteiger partial charge in [0.15, 0.2) is 22.9 Å². The van der Waals surface area contributed by atoms with Crippen LogP contribution in [0, 0.1) is 0 Å². The molecule has 1 aliphatic carbocycles. The molecule has 0 atom stereocenters. The maximum Gasteiger partial charge on any atom is 0.327 e. The number of aromatic nitrogens is 4. The van der Waals surface area contributed by atoms with Crippen LogP contribution in [0.4, 0.5) is 0 Å². The first-order chi connectivity index (χ1) is 11.6. The Labute approximate surface area is 136 Å². The molecule has 1 fully saturated rings. The van der Waals surface area contributed by atoms with E-state index < -0.39 is 5.91 Å². The van der Waals surface area contributed by atoms with Crippen molar-refractivity contribution in [2.75, 3.05) is 0 Å². The SMILES string of the molecule is NC(=O)c1nc(-c2ccco2)nc2c1[nH]c(=O)n2C1CCCCC1. The summed E-state index contributed by atoms with van der Waals surface area (Å²) in [6, 6.07) is 3.47. The predicted octanol–water partition coefficient (Wildman–Crippen LogP) is 1.98. The molecule has 3 aromatic heterocycles. The summed E-state index contributed by atoms with van der Waals surface area (Å²) in [5.74, 6) is -0.0552. The minimum absolute atomic E-state index is 0.00180. The first-order valence-electron chi connectivity index (χ1n) is 8.01. The molecular formula is C16H17N5O3. The molecule has 24 heavy (non-hydrogen) atoms. The zero-order chi connectivity index (χ0) is 16.7. The van der Waals surface area contributed by atoms with E-state index in [-0.39, 0.29) is 28.8 Å². The van der Waals surface area contributed by atoms with Crippen LogP contribution in [-0.4, -0.2) is 25.4 Å². The zero-order valence-corrected chi connectivity index (χ0v) is 13.0. The van der Waals surface area contributed by atoms with Gasteiger partial charge in [-0.15, -0.1) is 0 Å². The maximum atomic E-state index is 12.5. The van der Waals surface area contributed by atoms with E-state index in [4.69, 9.17) is 10.2 Å². The molecule has 3 heterocycles. The monoisotopic (exact) mass is 327 g/mol. The smallest absolute Gasteiger partial charge is 0.327 e. The van der Waals surface area contributed by atoms with Crippen molar-refractivity contribution in [3.63, 3.8) is 0 Å². The number of H-pyrrole nitrogens is 1. The molecule has 0 radical (unpaired) electrons. The number of primary amides is 1. The number of fused-ring (bicyclic) bond motifs is 1. The van der Waals surface area contributed by atoms with Crippen molar-refractivity contribution < 1.29 is 9.21 Å². The number of carbonyl (C=O) groups is 1. The lowest BCUT2D eigenvalue weighted by molar-refractivity contribution is 0.0997. The molecule has 0 unspecified atom stereocenters. The minimum atomic E-state index is -0.716. The van der Waals surface area contributed by atoms with Gasteiger partial charge in [0.2, 0.25) is 0 Å². The van der Waals surface area contributed by atoms with E-state index in [2.05, 4.69) is 15.0 Å². The summed E-state index contributed by atoms with van der Waals surface area (Å²) in [6.07, 6.45) is 6.65. The van der Waals surface area contributed by atoms with E-state index >= 15 is 0 Å². The van der Waals surface area contributed by atoms with Gasteiger partial charge in [0.25, 0.3) is 5.91 Å². The second-order valence-corrected chi connectivity index (χ2v) is 6.03. The summed E-state index contributed by atoms with van der Waals surface area (Å²) in [7, 11) is 0. The second kappa shape index (κ2) is 5.63. The molecule has 0 aliphatic heterocycles. The molecule has 0 saturated heterocycles. The molecule has 1 amide bonds. The summed E-state index contributed by atoms with van der Waals surface area (Å²) in [5.41, 5.74) is 5.85. The lowest BCUT2D eigenvalue weighted by atomic mass is 9.95. The highest BCUT2D eigenvalue weighted by Crippen LogP contribution is 2.30. The largest absolute Gasteiger partial charge is 0.461 e. The molecule has 1 saturated carbocycles. The Bertz CT molecular complexity index is 948. The Balaban J connectivity index is 1.98. The number of amides is 1. The minimum Gasteiger partial charge on any atom is -0.461 e. The number of hydrogen-bond acceptors (Lipinski definition) is 5. The highest BCUT2D eigenvalue weighted by atomic mass is 16.3. The number of hydrogen-bond donors (Lipinski definition) is 2. The molecule has 3 N–H and O–H groups in total. The van der Waals surface area contributed by atoms with E-state index in [0.29, 0.717) is 11.4 Å². The average molecular weight is 327 g/mol. The Hall–Kier alpha value is -2.90. The maximum absolute atomic E-state index is 12.5. The standard InChI is InChI=1S/C16H17N5O3/c17-13(22)11-12-15(20-14(18-11)10-7-4-8-24-10)21(16(23)19-12)9-5-2-1-3-6-9/h4,7-9H,1-3,5-6H2,(H2,17,22)(H,19,23). The number of imidazole rings is 1.